The van der Waals surface area contributed by atoms with Crippen LogP contribution in [-0.2, 0) is 15.1 Å². The Hall–Kier alpha value is -2.88. The van der Waals surface area contributed by atoms with Crippen molar-refractivity contribution in [3.8, 4) is 6.07 Å². The molecule has 0 saturated carbocycles. The zero-order chi connectivity index (χ0) is 18.7. The standard InChI is InChI=1S/C19H22N4O3/c1-19(15-8-6-7-14(11-15)12-20)17(25)23(18(26)21-19)13-16(24)22-9-4-2-3-5-10-22/h6-8,11H,2-5,9-10,13H2,1H3,(H,21,26)/t19-/m0/s1. The van der Waals surface area contributed by atoms with Crippen LogP contribution >= 0.6 is 0 Å². The first-order valence-electron chi connectivity index (χ1n) is 8.88. The van der Waals surface area contributed by atoms with Crippen LogP contribution < -0.4 is 5.32 Å². The number of nitrogens with one attached hydrogen (secondary N) is 1. The molecule has 0 radical (unpaired) electrons. The minimum absolute atomic E-state index is 0.203. The summed E-state index contributed by atoms with van der Waals surface area (Å²) in [6.07, 6.45) is 4.09. The van der Waals surface area contributed by atoms with Crippen molar-refractivity contribution in [1.82, 2.24) is 15.1 Å². The van der Waals surface area contributed by atoms with Crippen LogP contribution in [0, 0.1) is 11.3 Å². The molecule has 7 nitrogen and oxygen atoms in total. The number of hydrogen-bond acceptors (Lipinski definition) is 4. The van der Waals surface area contributed by atoms with Crippen LogP contribution in [0.4, 0.5) is 4.79 Å². The summed E-state index contributed by atoms with van der Waals surface area (Å²) >= 11 is 0. The number of nitriles is 1. The Morgan fingerprint density at radius 1 is 1.23 bits per heavy atom. The first kappa shape index (κ1) is 17.9. The van der Waals surface area contributed by atoms with E-state index in [1.54, 1.807) is 36.1 Å². The Bertz CT molecular complexity index is 777. The van der Waals surface area contributed by atoms with Crippen LogP contribution in [0.15, 0.2) is 24.3 Å². The highest BCUT2D eigenvalue weighted by Crippen LogP contribution is 2.29. The van der Waals surface area contributed by atoms with E-state index in [9.17, 15) is 14.4 Å². The molecule has 0 bridgehead atoms. The van der Waals surface area contributed by atoms with Crippen molar-refractivity contribution in [2.24, 2.45) is 0 Å². The maximum atomic E-state index is 12.9. The van der Waals surface area contributed by atoms with Crippen molar-refractivity contribution >= 4 is 17.8 Å². The zero-order valence-corrected chi connectivity index (χ0v) is 14.8. The summed E-state index contributed by atoms with van der Waals surface area (Å²) in [4.78, 5) is 40.6. The van der Waals surface area contributed by atoms with Crippen molar-refractivity contribution in [2.75, 3.05) is 19.6 Å². The molecule has 2 heterocycles. The predicted octanol–water partition coefficient (Wildman–Crippen LogP) is 1.73. The zero-order valence-electron chi connectivity index (χ0n) is 14.8. The van der Waals surface area contributed by atoms with Gasteiger partial charge in [-0.1, -0.05) is 25.0 Å². The molecule has 0 aromatic heterocycles. The van der Waals surface area contributed by atoms with E-state index in [1.165, 1.54) is 0 Å². The highest BCUT2D eigenvalue weighted by molar-refractivity contribution is 6.09. The fraction of sp³-hybridized carbons (Fsp3) is 0.474. The van der Waals surface area contributed by atoms with Crippen molar-refractivity contribution < 1.29 is 14.4 Å². The topological polar surface area (TPSA) is 93.5 Å². The molecule has 0 aliphatic carbocycles. The van der Waals surface area contributed by atoms with Crippen LogP contribution in [0.1, 0.15) is 43.7 Å². The first-order chi connectivity index (χ1) is 12.5. The minimum Gasteiger partial charge on any atom is -0.341 e. The van der Waals surface area contributed by atoms with Gasteiger partial charge in [-0.25, -0.2) is 4.79 Å². The largest absolute Gasteiger partial charge is 0.341 e. The third-order valence-corrected chi connectivity index (χ3v) is 5.10. The molecule has 0 spiro atoms. The Balaban J connectivity index is 1.78. The molecule has 2 aliphatic rings. The second kappa shape index (κ2) is 7.16. The number of rotatable bonds is 3. The summed E-state index contributed by atoms with van der Waals surface area (Å²) in [5, 5.41) is 11.7. The van der Waals surface area contributed by atoms with Crippen molar-refractivity contribution in [3.63, 3.8) is 0 Å². The van der Waals surface area contributed by atoms with Gasteiger partial charge in [0.15, 0.2) is 0 Å². The molecule has 1 atom stereocenters. The minimum atomic E-state index is -1.27. The monoisotopic (exact) mass is 354 g/mol. The number of hydrogen-bond donors (Lipinski definition) is 1. The predicted molar refractivity (Wildman–Crippen MR) is 93.8 cm³/mol. The van der Waals surface area contributed by atoms with Gasteiger partial charge in [-0.05, 0) is 37.5 Å². The van der Waals surface area contributed by atoms with Gasteiger partial charge < -0.3 is 10.2 Å². The summed E-state index contributed by atoms with van der Waals surface area (Å²) < 4.78 is 0. The fourth-order valence-corrected chi connectivity index (χ4v) is 3.49. The summed E-state index contributed by atoms with van der Waals surface area (Å²) in [5.74, 6) is -0.675. The van der Waals surface area contributed by atoms with E-state index in [0.29, 0.717) is 24.2 Å². The van der Waals surface area contributed by atoms with E-state index in [0.717, 1.165) is 30.6 Å². The highest BCUT2D eigenvalue weighted by Gasteiger charge is 2.49. The first-order valence-corrected chi connectivity index (χ1v) is 8.88. The molecule has 1 aromatic carbocycles. The van der Waals surface area contributed by atoms with Gasteiger partial charge in [-0.2, -0.15) is 5.26 Å². The molecular weight excluding hydrogens is 332 g/mol. The number of imide groups is 1. The lowest BCUT2D eigenvalue weighted by Crippen LogP contribution is -2.44. The number of amides is 4. The quantitative estimate of drug-likeness (QED) is 0.837. The van der Waals surface area contributed by atoms with E-state index in [1.807, 2.05) is 6.07 Å². The van der Waals surface area contributed by atoms with Gasteiger partial charge >= 0.3 is 6.03 Å². The molecular formula is C19H22N4O3. The number of benzene rings is 1. The number of carbonyl (C=O) groups is 3. The van der Waals surface area contributed by atoms with Gasteiger partial charge in [-0.15, -0.1) is 0 Å². The number of likely N-dealkylation sites (tertiary alicyclic amines) is 1. The lowest BCUT2D eigenvalue weighted by molar-refractivity contribution is -0.138. The molecule has 2 saturated heterocycles. The normalized spacial score (nSPS) is 23.4. The van der Waals surface area contributed by atoms with Gasteiger partial charge in [0, 0.05) is 13.1 Å². The van der Waals surface area contributed by atoms with Gasteiger partial charge in [-0.3, -0.25) is 14.5 Å². The van der Waals surface area contributed by atoms with Gasteiger partial charge in [0.05, 0.1) is 11.6 Å². The van der Waals surface area contributed by atoms with E-state index in [2.05, 4.69) is 5.32 Å². The lowest BCUT2D eigenvalue weighted by Gasteiger charge is -2.24. The molecule has 1 aromatic rings. The third-order valence-electron chi connectivity index (χ3n) is 5.10. The Morgan fingerprint density at radius 3 is 2.58 bits per heavy atom. The SMILES string of the molecule is C[C@@]1(c2cccc(C#N)c2)NC(=O)N(CC(=O)N2CCCCCC2)C1=O. The second-order valence-electron chi connectivity index (χ2n) is 6.93. The summed E-state index contributed by atoms with van der Waals surface area (Å²) in [7, 11) is 0. The molecule has 3 rings (SSSR count). The van der Waals surface area contributed by atoms with E-state index >= 15 is 0 Å². The van der Waals surface area contributed by atoms with E-state index < -0.39 is 17.5 Å². The van der Waals surface area contributed by atoms with Crippen molar-refractivity contribution in [1.29, 1.82) is 5.26 Å². The number of nitrogens with zero attached hydrogens (tertiary/aromatic N) is 3. The van der Waals surface area contributed by atoms with Crippen LogP contribution in [0.25, 0.3) is 0 Å². The smallest absolute Gasteiger partial charge is 0.325 e. The molecule has 1 N–H and O–H groups in total. The average molecular weight is 354 g/mol. The summed E-state index contributed by atoms with van der Waals surface area (Å²) in [6, 6.07) is 8.03. The van der Waals surface area contributed by atoms with Crippen molar-refractivity contribution in [2.45, 2.75) is 38.1 Å². The molecule has 2 fully saturated rings. The van der Waals surface area contributed by atoms with E-state index in [4.69, 9.17) is 5.26 Å². The highest BCUT2D eigenvalue weighted by atomic mass is 16.2. The maximum Gasteiger partial charge on any atom is 0.325 e. The van der Waals surface area contributed by atoms with Gasteiger partial charge in [0.25, 0.3) is 5.91 Å². The molecule has 0 unspecified atom stereocenters. The van der Waals surface area contributed by atoms with Crippen LogP contribution in [0.5, 0.6) is 0 Å². The number of urea groups is 1. The van der Waals surface area contributed by atoms with Crippen LogP contribution in [0.2, 0.25) is 0 Å². The van der Waals surface area contributed by atoms with Crippen LogP contribution in [0.3, 0.4) is 0 Å². The molecule has 2 aliphatic heterocycles. The third kappa shape index (κ3) is 3.27. The van der Waals surface area contributed by atoms with Gasteiger partial charge in [0.1, 0.15) is 12.1 Å². The fourth-order valence-electron chi connectivity index (χ4n) is 3.49. The van der Waals surface area contributed by atoms with E-state index in [-0.39, 0.29) is 12.5 Å². The van der Waals surface area contributed by atoms with Gasteiger partial charge in [0.2, 0.25) is 5.91 Å². The van der Waals surface area contributed by atoms with Crippen LogP contribution in [-0.4, -0.2) is 47.3 Å². The molecule has 26 heavy (non-hydrogen) atoms. The Kier molecular flexibility index (Phi) is 4.94. The summed E-state index contributed by atoms with van der Waals surface area (Å²) in [6.45, 7) is 2.69. The Labute approximate surface area is 152 Å². The molecule has 136 valence electrons. The maximum absolute atomic E-state index is 12.9. The van der Waals surface area contributed by atoms with Crippen molar-refractivity contribution in [3.05, 3.63) is 35.4 Å². The molecule has 4 amide bonds. The average Bonchev–Trinajstić information content (AvgIpc) is 2.86. The number of carbonyl (C=O) groups excluding carboxylic acids is 3. The lowest BCUT2D eigenvalue weighted by atomic mass is 9.91. The second-order valence-corrected chi connectivity index (χ2v) is 6.93. The molecule has 7 heteroatoms. The summed E-state index contributed by atoms with van der Waals surface area (Å²) in [5.41, 5.74) is -0.340. The Morgan fingerprint density at radius 2 is 1.92 bits per heavy atom.